The highest BCUT2D eigenvalue weighted by atomic mass is 16.2. The number of rotatable bonds is 9. The number of carbonyl (C=O) groups is 2. The number of hydrogen-bond acceptors (Lipinski definition) is 7. The summed E-state index contributed by atoms with van der Waals surface area (Å²) in [6.45, 7) is 6.45. The van der Waals surface area contributed by atoms with Gasteiger partial charge in [-0.3, -0.25) is 14.3 Å². The van der Waals surface area contributed by atoms with Crippen LogP contribution >= 0.6 is 0 Å². The summed E-state index contributed by atoms with van der Waals surface area (Å²) in [5.41, 5.74) is 7.31. The molecule has 1 aliphatic carbocycles. The summed E-state index contributed by atoms with van der Waals surface area (Å²) in [6, 6.07) is 6.38. The largest absolute Gasteiger partial charge is 0.351 e. The summed E-state index contributed by atoms with van der Waals surface area (Å²) in [6.07, 6.45) is 7.32. The minimum atomic E-state index is -0.180. The predicted octanol–water partition coefficient (Wildman–Crippen LogP) is 3.71. The summed E-state index contributed by atoms with van der Waals surface area (Å²) in [5, 5.41) is 11.4. The molecule has 10 heteroatoms. The van der Waals surface area contributed by atoms with Crippen molar-refractivity contribution in [2.75, 3.05) is 44.4 Å². The normalized spacial score (nSPS) is 15.0. The SMILES string of the molecule is CCc1cccc(CC)c1NC(=O)c1nn(C)c2c1CCc1cnc(NC3CCN(C(=O)CCN(C)C)CC3)nc1-2. The van der Waals surface area contributed by atoms with E-state index in [-0.39, 0.29) is 17.9 Å². The second-order valence-electron chi connectivity index (χ2n) is 11.3. The van der Waals surface area contributed by atoms with Gasteiger partial charge in [0.15, 0.2) is 5.69 Å². The Bertz CT molecular complexity index is 1400. The van der Waals surface area contributed by atoms with Crippen LogP contribution in [0.5, 0.6) is 0 Å². The molecule has 218 valence electrons. The smallest absolute Gasteiger partial charge is 0.276 e. The van der Waals surface area contributed by atoms with Crippen LogP contribution in [0.3, 0.4) is 0 Å². The summed E-state index contributed by atoms with van der Waals surface area (Å²) in [4.78, 5) is 39.6. The van der Waals surface area contributed by atoms with Gasteiger partial charge in [0.05, 0.1) is 11.4 Å². The molecule has 10 nitrogen and oxygen atoms in total. The number of anilines is 2. The summed E-state index contributed by atoms with van der Waals surface area (Å²) in [7, 11) is 5.85. The maximum atomic E-state index is 13.6. The quantitative estimate of drug-likeness (QED) is 0.412. The van der Waals surface area contributed by atoms with Gasteiger partial charge in [0.2, 0.25) is 11.9 Å². The van der Waals surface area contributed by atoms with Gasteiger partial charge in [-0.05, 0) is 69.3 Å². The highest BCUT2D eigenvalue weighted by Crippen LogP contribution is 2.35. The van der Waals surface area contributed by atoms with E-state index in [1.807, 2.05) is 43.2 Å². The van der Waals surface area contributed by atoms with Crippen molar-refractivity contribution >= 4 is 23.5 Å². The molecule has 0 saturated carbocycles. The van der Waals surface area contributed by atoms with Crippen molar-refractivity contribution in [3.8, 4) is 11.4 Å². The van der Waals surface area contributed by atoms with Crippen molar-refractivity contribution in [3.63, 3.8) is 0 Å². The first-order chi connectivity index (χ1) is 19.8. The van der Waals surface area contributed by atoms with Gasteiger partial charge in [0, 0.05) is 56.6 Å². The first-order valence-corrected chi connectivity index (χ1v) is 14.8. The zero-order valence-electron chi connectivity index (χ0n) is 25.0. The van der Waals surface area contributed by atoms with Gasteiger partial charge < -0.3 is 20.4 Å². The van der Waals surface area contributed by atoms with Crippen molar-refractivity contribution in [1.82, 2.24) is 29.5 Å². The first kappa shape index (κ1) is 28.7. The second-order valence-corrected chi connectivity index (χ2v) is 11.3. The maximum Gasteiger partial charge on any atom is 0.276 e. The van der Waals surface area contributed by atoms with Crippen LogP contribution in [-0.4, -0.2) is 81.1 Å². The molecule has 2 aliphatic rings. The van der Waals surface area contributed by atoms with Crippen molar-refractivity contribution in [1.29, 1.82) is 0 Å². The number of aromatic nitrogens is 4. The van der Waals surface area contributed by atoms with Gasteiger partial charge in [-0.25, -0.2) is 9.97 Å². The molecule has 1 fully saturated rings. The van der Waals surface area contributed by atoms with Crippen LogP contribution in [0, 0.1) is 0 Å². The van der Waals surface area contributed by atoms with Crippen LogP contribution in [0.15, 0.2) is 24.4 Å². The number of aryl methyl sites for hydroxylation is 4. The van der Waals surface area contributed by atoms with E-state index >= 15 is 0 Å². The van der Waals surface area contributed by atoms with Gasteiger partial charge in [0.1, 0.15) is 0 Å². The van der Waals surface area contributed by atoms with E-state index in [1.54, 1.807) is 4.68 Å². The van der Waals surface area contributed by atoms with Gasteiger partial charge in [-0.2, -0.15) is 5.10 Å². The van der Waals surface area contributed by atoms with Crippen LogP contribution in [0.25, 0.3) is 11.4 Å². The molecule has 3 aromatic rings. The number of likely N-dealkylation sites (tertiary alicyclic amines) is 1. The number of amides is 2. The van der Waals surface area contributed by atoms with E-state index in [0.717, 1.165) is 91.1 Å². The average Bonchev–Trinajstić information content (AvgIpc) is 3.33. The van der Waals surface area contributed by atoms with E-state index in [4.69, 9.17) is 4.98 Å². The fourth-order valence-electron chi connectivity index (χ4n) is 5.92. The lowest BCUT2D eigenvalue weighted by atomic mass is 9.93. The van der Waals surface area contributed by atoms with E-state index in [1.165, 1.54) is 0 Å². The molecule has 1 aliphatic heterocycles. The molecule has 2 aromatic heterocycles. The number of hydrogen-bond donors (Lipinski definition) is 2. The van der Waals surface area contributed by atoms with Gasteiger partial charge >= 0.3 is 0 Å². The van der Waals surface area contributed by atoms with Gasteiger partial charge in [-0.15, -0.1) is 0 Å². The predicted molar refractivity (Wildman–Crippen MR) is 161 cm³/mol. The Hall–Kier alpha value is -3.79. The zero-order chi connectivity index (χ0) is 29.1. The standard InChI is InChI=1S/C31H42N8O2/c1-6-20-9-8-10-21(7-2)26(20)34-30(41)28-24-12-11-22-19-32-31(35-27(22)29(24)38(5)36-28)33-23-13-17-39(18-14-23)25(40)15-16-37(3)4/h8-10,19,23H,6-7,11-18H2,1-5H3,(H,34,41)(H,32,33,35). The number of benzene rings is 1. The number of para-hydroxylation sites is 1. The Morgan fingerprint density at radius 2 is 1.78 bits per heavy atom. The number of carbonyl (C=O) groups excluding carboxylic acids is 2. The maximum absolute atomic E-state index is 13.6. The molecule has 41 heavy (non-hydrogen) atoms. The lowest BCUT2D eigenvalue weighted by molar-refractivity contribution is -0.132. The molecule has 0 spiro atoms. The topological polar surface area (TPSA) is 108 Å². The Morgan fingerprint density at radius 3 is 2.44 bits per heavy atom. The number of piperidine rings is 1. The third-order valence-electron chi connectivity index (χ3n) is 8.28. The van der Waals surface area contributed by atoms with E-state index in [9.17, 15) is 9.59 Å². The summed E-state index contributed by atoms with van der Waals surface area (Å²) < 4.78 is 1.78. The lowest BCUT2D eigenvalue weighted by Crippen LogP contribution is -2.43. The highest BCUT2D eigenvalue weighted by molar-refractivity contribution is 6.05. The Kier molecular flexibility index (Phi) is 8.68. The minimum Gasteiger partial charge on any atom is -0.351 e. The van der Waals surface area contributed by atoms with Crippen LogP contribution in [0.4, 0.5) is 11.6 Å². The van der Waals surface area contributed by atoms with Crippen molar-refractivity contribution in [2.45, 2.75) is 64.8 Å². The summed E-state index contributed by atoms with van der Waals surface area (Å²) in [5.74, 6) is 0.612. The molecule has 1 saturated heterocycles. The molecule has 5 rings (SSSR count). The Balaban J connectivity index is 1.31. The molecular weight excluding hydrogens is 516 g/mol. The molecule has 1 aromatic carbocycles. The lowest BCUT2D eigenvalue weighted by Gasteiger charge is -2.32. The highest BCUT2D eigenvalue weighted by Gasteiger charge is 2.30. The first-order valence-electron chi connectivity index (χ1n) is 14.8. The molecule has 2 N–H and O–H groups in total. The van der Waals surface area contributed by atoms with Crippen molar-refractivity contribution in [3.05, 3.63) is 52.3 Å². The van der Waals surface area contributed by atoms with Gasteiger partial charge in [-0.1, -0.05) is 32.0 Å². The Labute approximate surface area is 242 Å². The third kappa shape index (κ3) is 6.12. The van der Waals surface area contributed by atoms with Gasteiger partial charge in [0.25, 0.3) is 5.91 Å². The van der Waals surface area contributed by atoms with E-state index in [2.05, 4.69) is 46.7 Å². The van der Waals surface area contributed by atoms with E-state index in [0.29, 0.717) is 24.5 Å². The molecule has 0 bridgehead atoms. The minimum absolute atomic E-state index is 0.180. The monoisotopic (exact) mass is 558 g/mol. The zero-order valence-corrected chi connectivity index (χ0v) is 25.0. The number of nitrogens with one attached hydrogen (secondary N) is 2. The fourth-order valence-corrected chi connectivity index (χ4v) is 5.92. The fraction of sp³-hybridized carbons (Fsp3) is 0.516. The molecule has 0 atom stereocenters. The molecule has 0 unspecified atom stereocenters. The third-order valence-corrected chi connectivity index (χ3v) is 8.28. The van der Waals surface area contributed by atoms with Crippen LogP contribution in [0.2, 0.25) is 0 Å². The number of fused-ring (bicyclic) bond motifs is 3. The Morgan fingerprint density at radius 1 is 1.07 bits per heavy atom. The molecular formula is C31H42N8O2. The molecule has 3 heterocycles. The van der Waals surface area contributed by atoms with Crippen LogP contribution < -0.4 is 10.6 Å². The van der Waals surface area contributed by atoms with Crippen molar-refractivity contribution < 1.29 is 9.59 Å². The molecule has 2 amide bonds. The van der Waals surface area contributed by atoms with Crippen LogP contribution in [-0.2, 0) is 37.5 Å². The van der Waals surface area contributed by atoms with Crippen molar-refractivity contribution in [2.24, 2.45) is 7.05 Å². The van der Waals surface area contributed by atoms with E-state index < -0.39 is 0 Å². The average molecular weight is 559 g/mol. The molecule has 0 radical (unpaired) electrons. The van der Waals surface area contributed by atoms with Crippen LogP contribution in [0.1, 0.15) is 65.9 Å². The summed E-state index contributed by atoms with van der Waals surface area (Å²) >= 11 is 0. The number of nitrogens with zero attached hydrogens (tertiary/aromatic N) is 6. The second kappa shape index (κ2) is 12.4.